The van der Waals surface area contributed by atoms with Gasteiger partial charge in [0.05, 0.1) is 23.5 Å². The molecule has 0 aliphatic heterocycles. The van der Waals surface area contributed by atoms with Crippen molar-refractivity contribution in [2.24, 2.45) is 0 Å². The van der Waals surface area contributed by atoms with Crippen LogP contribution in [-0.4, -0.2) is 22.1 Å². The number of nitrogens with zero attached hydrogens (tertiary/aromatic N) is 2. The van der Waals surface area contributed by atoms with E-state index >= 15 is 0 Å². The van der Waals surface area contributed by atoms with Crippen LogP contribution < -0.4 is 5.56 Å². The molecule has 7 nitrogen and oxygen atoms in total. The summed E-state index contributed by atoms with van der Waals surface area (Å²) in [6, 6.07) is 7.11. The second-order valence-electron chi connectivity index (χ2n) is 4.38. The number of nitro groups is 1. The average molecular weight is 290 g/mol. The first-order valence-corrected chi connectivity index (χ1v) is 6.46. The first-order valence-electron chi connectivity index (χ1n) is 6.46. The van der Waals surface area contributed by atoms with Gasteiger partial charge in [-0.15, -0.1) is 0 Å². The Labute approximate surface area is 119 Å². The van der Waals surface area contributed by atoms with E-state index in [1.165, 1.54) is 34.9 Å². The Kier molecular flexibility index (Phi) is 4.32. The summed E-state index contributed by atoms with van der Waals surface area (Å²) >= 11 is 0. The molecule has 110 valence electrons. The monoisotopic (exact) mass is 290 g/mol. The Morgan fingerprint density at radius 1 is 1.33 bits per heavy atom. The van der Waals surface area contributed by atoms with Crippen LogP contribution in [-0.2, 0) is 16.1 Å². The smallest absolute Gasteiger partial charge is 0.307 e. The molecule has 0 atom stereocenters. The highest BCUT2D eigenvalue weighted by molar-refractivity contribution is 5.81. The van der Waals surface area contributed by atoms with E-state index in [9.17, 15) is 19.7 Å². The number of aryl methyl sites for hydroxylation is 1. The van der Waals surface area contributed by atoms with E-state index in [2.05, 4.69) is 0 Å². The van der Waals surface area contributed by atoms with Gasteiger partial charge in [-0.3, -0.25) is 19.7 Å². The maximum atomic E-state index is 11.9. The van der Waals surface area contributed by atoms with Crippen LogP contribution in [0.5, 0.6) is 0 Å². The lowest BCUT2D eigenvalue weighted by molar-refractivity contribution is -0.384. The second kappa shape index (κ2) is 6.17. The molecule has 21 heavy (non-hydrogen) atoms. The van der Waals surface area contributed by atoms with Crippen LogP contribution in [0.4, 0.5) is 5.69 Å². The quantitative estimate of drug-likeness (QED) is 0.476. The Hall–Kier alpha value is -2.70. The van der Waals surface area contributed by atoms with Gasteiger partial charge in [0.15, 0.2) is 0 Å². The number of aromatic nitrogens is 1. The summed E-state index contributed by atoms with van der Waals surface area (Å²) in [4.78, 5) is 33.5. The molecule has 0 saturated heterocycles. The molecule has 2 rings (SSSR count). The third-order valence-electron chi connectivity index (χ3n) is 3.03. The molecule has 0 aliphatic rings. The van der Waals surface area contributed by atoms with Gasteiger partial charge in [0, 0.05) is 30.1 Å². The van der Waals surface area contributed by atoms with E-state index in [1.807, 2.05) is 0 Å². The Morgan fingerprint density at radius 2 is 2.10 bits per heavy atom. The van der Waals surface area contributed by atoms with Crippen LogP contribution in [0.1, 0.15) is 13.3 Å². The fraction of sp³-hybridized carbons (Fsp3) is 0.286. The molecule has 1 aromatic carbocycles. The molecular weight excluding hydrogens is 276 g/mol. The molecule has 0 unspecified atom stereocenters. The molecule has 0 bridgehead atoms. The number of pyridine rings is 1. The van der Waals surface area contributed by atoms with E-state index in [0.717, 1.165) is 0 Å². The third kappa shape index (κ3) is 3.25. The molecule has 0 N–H and O–H groups in total. The summed E-state index contributed by atoms with van der Waals surface area (Å²) in [7, 11) is 0. The van der Waals surface area contributed by atoms with E-state index in [-0.39, 0.29) is 36.8 Å². The van der Waals surface area contributed by atoms with Gasteiger partial charge in [-0.2, -0.15) is 0 Å². The van der Waals surface area contributed by atoms with Gasteiger partial charge in [0.2, 0.25) is 0 Å². The van der Waals surface area contributed by atoms with Gasteiger partial charge in [-0.1, -0.05) is 0 Å². The van der Waals surface area contributed by atoms with Gasteiger partial charge in [0.1, 0.15) is 0 Å². The molecule has 0 fully saturated rings. The predicted molar refractivity (Wildman–Crippen MR) is 76.1 cm³/mol. The number of carbonyl (C=O) groups is 1. The molecule has 1 aromatic heterocycles. The fourth-order valence-electron chi connectivity index (χ4n) is 2.07. The minimum absolute atomic E-state index is 0.0434. The maximum absolute atomic E-state index is 11.9. The highest BCUT2D eigenvalue weighted by Crippen LogP contribution is 2.19. The van der Waals surface area contributed by atoms with Crippen molar-refractivity contribution < 1.29 is 14.5 Å². The Bertz CT molecular complexity index is 751. The number of carbonyl (C=O) groups excluding carboxylic acids is 1. The number of ether oxygens (including phenoxy) is 1. The first-order chi connectivity index (χ1) is 10.0. The van der Waals surface area contributed by atoms with Gasteiger partial charge >= 0.3 is 5.97 Å². The summed E-state index contributed by atoms with van der Waals surface area (Å²) in [6.07, 6.45) is 0.0733. The van der Waals surface area contributed by atoms with Crippen molar-refractivity contribution in [2.75, 3.05) is 6.61 Å². The van der Waals surface area contributed by atoms with Crippen molar-refractivity contribution in [1.29, 1.82) is 0 Å². The van der Waals surface area contributed by atoms with Gasteiger partial charge < -0.3 is 9.30 Å². The number of non-ortho nitro benzene ring substituents is 1. The number of fused-ring (bicyclic) bond motifs is 1. The molecule has 7 heteroatoms. The SMILES string of the molecule is CCOC(=O)CCn1c(=O)ccc2cc([N+](=O)[O-])ccc21. The highest BCUT2D eigenvalue weighted by Gasteiger charge is 2.10. The third-order valence-corrected chi connectivity index (χ3v) is 3.03. The lowest BCUT2D eigenvalue weighted by atomic mass is 10.2. The van der Waals surface area contributed by atoms with Crippen molar-refractivity contribution in [2.45, 2.75) is 19.9 Å². The molecule has 1 heterocycles. The van der Waals surface area contributed by atoms with Crippen LogP contribution in [0.2, 0.25) is 0 Å². The molecule has 0 radical (unpaired) electrons. The van der Waals surface area contributed by atoms with Crippen molar-refractivity contribution in [1.82, 2.24) is 4.57 Å². The fourth-order valence-corrected chi connectivity index (χ4v) is 2.07. The van der Waals surface area contributed by atoms with Crippen molar-refractivity contribution in [3.63, 3.8) is 0 Å². The highest BCUT2D eigenvalue weighted by atomic mass is 16.6. The largest absolute Gasteiger partial charge is 0.466 e. The van der Waals surface area contributed by atoms with E-state index in [1.54, 1.807) is 6.92 Å². The minimum Gasteiger partial charge on any atom is -0.466 e. The summed E-state index contributed by atoms with van der Waals surface area (Å²) in [5.41, 5.74) is 0.246. The van der Waals surface area contributed by atoms with Crippen LogP contribution in [0, 0.1) is 10.1 Å². The van der Waals surface area contributed by atoms with Crippen LogP contribution >= 0.6 is 0 Å². The molecular formula is C14H14N2O5. The van der Waals surface area contributed by atoms with Crippen LogP contribution in [0.3, 0.4) is 0 Å². The number of rotatable bonds is 5. The standard InChI is InChI=1S/C14H14N2O5/c1-2-21-14(18)7-8-15-12-5-4-11(16(19)20)9-10(12)3-6-13(15)17/h3-6,9H,2,7-8H2,1H3. The lowest BCUT2D eigenvalue weighted by Crippen LogP contribution is -2.21. The molecule has 0 amide bonds. The van der Waals surface area contributed by atoms with Crippen molar-refractivity contribution in [3.05, 3.63) is 50.8 Å². The number of benzene rings is 1. The van der Waals surface area contributed by atoms with Crippen molar-refractivity contribution >= 4 is 22.6 Å². The second-order valence-corrected chi connectivity index (χ2v) is 4.38. The normalized spacial score (nSPS) is 10.5. The molecule has 0 spiro atoms. The zero-order chi connectivity index (χ0) is 15.4. The molecule has 2 aromatic rings. The molecule has 0 saturated carbocycles. The van der Waals surface area contributed by atoms with Gasteiger partial charge in [0.25, 0.3) is 11.2 Å². The Balaban J connectivity index is 2.38. The number of hydrogen-bond donors (Lipinski definition) is 0. The zero-order valence-corrected chi connectivity index (χ0v) is 11.4. The van der Waals surface area contributed by atoms with Crippen LogP contribution in [0.15, 0.2) is 35.1 Å². The van der Waals surface area contributed by atoms with Gasteiger partial charge in [-0.05, 0) is 19.1 Å². The summed E-state index contributed by atoms with van der Waals surface area (Å²) in [5, 5.41) is 11.3. The number of nitro benzene ring substituents is 1. The van der Waals surface area contributed by atoms with Gasteiger partial charge in [-0.25, -0.2) is 0 Å². The first kappa shape index (κ1) is 14.7. The Morgan fingerprint density at radius 3 is 2.76 bits per heavy atom. The lowest BCUT2D eigenvalue weighted by Gasteiger charge is -2.09. The summed E-state index contributed by atoms with van der Waals surface area (Å²) < 4.78 is 6.24. The topological polar surface area (TPSA) is 91.4 Å². The zero-order valence-electron chi connectivity index (χ0n) is 11.4. The number of hydrogen-bond acceptors (Lipinski definition) is 5. The maximum Gasteiger partial charge on any atom is 0.307 e. The number of esters is 1. The van der Waals surface area contributed by atoms with E-state index < -0.39 is 4.92 Å². The summed E-state index contributed by atoms with van der Waals surface area (Å²) in [6.45, 7) is 2.17. The average Bonchev–Trinajstić information content (AvgIpc) is 2.46. The predicted octanol–water partition coefficient (Wildman–Crippen LogP) is 1.86. The van der Waals surface area contributed by atoms with E-state index in [4.69, 9.17) is 4.74 Å². The minimum atomic E-state index is -0.493. The van der Waals surface area contributed by atoms with Crippen molar-refractivity contribution in [3.8, 4) is 0 Å². The summed E-state index contributed by atoms with van der Waals surface area (Å²) in [5.74, 6) is -0.386. The van der Waals surface area contributed by atoms with E-state index in [0.29, 0.717) is 10.9 Å². The molecule has 0 aliphatic carbocycles. The van der Waals surface area contributed by atoms with Crippen LogP contribution in [0.25, 0.3) is 10.9 Å².